The van der Waals surface area contributed by atoms with Gasteiger partial charge in [-0.25, -0.2) is 9.97 Å². The van der Waals surface area contributed by atoms with Gasteiger partial charge in [0.05, 0.1) is 7.11 Å². The maximum atomic E-state index is 14.0. The third kappa shape index (κ3) is 2.44. The predicted molar refractivity (Wildman–Crippen MR) is 83.2 cm³/mol. The van der Waals surface area contributed by atoms with E-state index in [0.717, 1.165) is 6.42 Å². The van der Waals surface area contributed by atoms with Crippen LogP contribution in [0.3, 0.4) is 0 Å². The first-order valence-electron chi connectivity index (χ1n) is 8.15. The number of esters is 1. The number of aromatic nitrogens is 2. The van der Waals surface area contributed by atoms with E-state index in [1.807, 2.05) is 4.90 Å². The minimum absolute atomic E-state index is 0.129. The van der Waals surface area contributed by atoms with Crippen molar-refractivity contribution in [2.24, 2.45) is 17.8 Å². The zero-order chi connectivity index (χ0) is 17.1. The normalized spacial score (nSPS) is 29.8. The molecule has 0 aromatic carbocycles. The summed E-state index contributed by atoms with van der Waals surface area (Å²) < 4.78 is 32.7. The van der Waals surface area contributed by atoms with E-state index < -0.39 is 5.92 Å². The average molecular weight is 358 g/mol. The maximum absolute atomic E-state index is 14.0. The van der Waals surface area contributed by atoms with Crippen molar-refractivity contribution in [1.29, 1.82) is 0 Å². The van der Waals surface area contributed by atoms with Gasteiger partial charge in [0.1, 0.15) is 11.5 Å². The minimum Gasteiger partial charge on any atom is -0.469 e. The predicted octanol–water partition coefficient (Wildman–Crippen LogP) is 2.80. The smallest absolute Gasteiger partial charge is 0.305 e. The second-order valence-electron chi connectivity index (χ2n) is 6.95. The third-order valence-corrected chi connectivity index (χ3v) is 5.82. The molecule has 3 fully saturated rings. The van der Waals surface area contributed by atoms with Crippen molar-refractivity contribution in [3.8, 4) is 0 Å². The van der Waals surface area contributed by atoms with E-state index in [1.165, 1.54) is 7.11 Å². The van der Waals surface area contributed by atoms with E-state index in [1.54, 1.807) is 0 Å². The van der Waals surface area contributed by atoms with Crippen molar-refractivity contribution in [1.82, 2.24) is 9.97 Å². The first-order chi connectivity index (χ1) is 11.4. The topological polar surface area (TPSA) is 55.3 Å². The zero-order valence-electron chi connectivity index (χ0n) is 13.3. The Bertz CT molecular complexity index is 688. The number of ether oxygens (including phenoxy) is 1. The summed E-state index contributed by atoms with van der Waals surface area (Å²) in [5.41, 5.74) is 0.304. The lowest BCUT2D eigenvalue weighted by Gasteiger charge is -2.54. The molecule has 1 aromatic heterocycles. The molecule has 130 valence electrons. The molecule has 0 spiro atoms. The van der Waals surface area contributed by atoms with Crippen molar-refractivity contribution >= 4 is 23.4 Å². The largest absolute Gasteiger partial charge is 0.469 e. The molecule has 2 bridgehead atoms. The lowest BCUT2D eigenvalue weighted by Crippen LogP contribution is -2.56. The quantitative estimate of drug-likeness (QED) is 0.615. The Labute approximate surface area is 143 Å². The van der Waals surface area contributed by atoms with Gasteiger partial charge in [0.25, 0.3) is 5.92 Å². The number of hydrogen-bond acceptors (Lipinski definition) is 5. The maximum Gasteiger partial charge on any atom is 0.305 e. The van der Waals surface area contributed by atoms with E-state index in [0.29, 0.717) is 48.6 Å². The van der Waals surface area contributed by atoms with Crippen LogP contribution in [0.25, 0.3) is 0 Å². The van der Waals surface area contributed by atoms with Gasteiger partial charge in [-0.15, -0.1) is 0 Å². The van der Waals surface area contributed by atoms with Crippen molar-refractivity contribution < 1.29 is 18.3 Å². The number of anilines is 1. The Morgan fingerprint density at radius 3 is 2.75 bits per heavy atom. The molecule has 1 aromatic rings. The van der Waals surface area contributed by atoms with Gasteiger partial charge in [-0.3, -0.25) is 4.79 Å². The summed E-state index contributed by atoms with van der Waals surface area (Å²) in [4.78, 5) is 21.6. The van der Waals surface area contributed by atoms with Crippen LogP contribution in [0, 0.1) is 17.8 Å². The Kier molecular flexibility index (Phi) is 3.67. The van der Waals surface area contributed by atoms with Crippen molar-refractivity contribution in [3.63, 3.8) is 0 Å². The van der Waals surface area contributed by atoms with Gasteiger partial charge >= 0.3 is 5.97 Å². The molecule has 2 aliphatic heterocycles. The van der Waals surface area contributed by atoms with Crippen LogP contribution in [-0.4, -0.2) is 36.1 Å². The Balaban J connectivity index is 1.57. The molecule has 1 unspecified atom stereocenters. The monoisotopic (exact) mass is 357 g/mol. The fraction of sp³-hybridized carbons (Fsp3) is 0.688. The average Bonchev–Trinajstić information content (AvgIpc) is 2.87. The van der Waals surface area contributed by atoms with Crippen molar-refractivity contribution in [2.45, 2.75) is 31.6 Å². The number of rotatable bonds is 3. The van der Waals surface area contributed by atoms with E-state index in [4.69, 9.17) is 16.3 Å². The number of hydrogen-bond donors (Lipinski definition) is 0. The second-order valence-corrected chi connectivity index (χ2v) is 7.29. The van der Waals surface area contributed by atoms with Crippen LogP contribution in [-0.2, 0) is 21.9 Å². The number of piperidine rings is 2. The Hall–Kier alpha value is -1.50. The van der Waals surface area contributed by atoms with Crippen LogP contribution in [0.5, 0.6) is 0 Å². The zero-order valence-corrected chi connectivity index (χ0v) is 14.0. The number of methoxy groups -OCH3 is 1. The molecular formula is C16H18ClF2N3O2. The van der Waals surface area contributed by atoms with Gasteiger partial charge in [0.2, 0.25) is 5.28 Å². The van der Waals surface area contributed by atoms with E-state index >= 15 is 0 Å². The molecule has 0 radical (unpaired) electrons. The fourth-order valence-corrected chi connectivity index (χ4v) is 4.57. The molecule has 5 nitrogen and oxygen atoms in total. The second kappa shape index (κ2) is 5.51. The minimum atomic E-state index is -2.93. The lowest BCUT2D eigenvalue weighted by molar-refractivity contribution is -0.145. The third-order valence-electron chi connectivity index (χ3n) is 5.65. The van der Waals surface area contributed by atoms with Gasteiger partial charge in [0.15, 0.2) is 0 Å². The molecular weight excluding hydrogens is 340 g/mol. The Morgan fingerprint density at radius 2 is 2.08 bits per heavy atom. The van der Waals surface area contributed by atoms with E-state index in [-0.39, 0.29) is 29.8 Å². The number of carbonyl (C=O) groups excluding carboxylic acids is 1. The molecule has 24 heavy (non-hydrogen) atoms. The summed E-state index contributed by atoms with van der Waals surface area (Å²) >= 11 is 5.90. The number of alkyl halides is 2. The van der Waals surface area contributed by atoms with E-state index in [9.17, 15) is 13.6 Å². The number of nitrogens with zero attached hydrogens (tertiary/aromatic N) is 3. The molecule has 3 atom stereocenters. The van der Waals surface area contributed by atoms with Crippen LogP contribution in [0.4, 0.5) is 14.6 Å². The molecule has 0 amide bonds. The fourth-order valence-electron chi connectivity index (χ4n) is 4.41. The van der Waals surface area contributed by atoms with Gasteiger partial charge < -0.3 is 9.64 Å². The molecule has 0 N–H and O–H groups in total. The molecule has 1 saturated carbocycles. The lowest BCUT2D eigenvalue weighted by atomic mass is 9.60. The van der Waals surface area contributed by atoms with Gasteiger partial charge in [-0.05, 0) is 42.2 Å². The first-order valence-corrected chi connectivity index (χ1v) is 8.53. The standard InChI is InChI=1S/C16H18ClF2N3O2/c1-24-12(23)5-11-8-4-9(11)7-22(6-8)14-10-2-3-16(18,19)13(10)20-15(17)21-14/h8-9,11H,2-7H2,1H3/t8-,9+,11?. The van der Waals surface area contributed by atoms with Gasteiger partial charge in [-0.1, -0.05) is 0 Å². The summed E-state index contributed by atoms with van der Waals surface area (Å²) in [5, 5.41) is -0.129. The van der Waals surface area contributed by atoms with Crippen LogP contribution in [0.1, 0.15) is 30.5 Å². The van der Waals surface area contributed by atoms with Crippen LogP contribution in [0.2, 0.25) is 5.28 Å². The molecule has 5 rings (SSSR count). The SMILES string of the molecule is COC(=O)CC1[C@@H]2C[C@H]1CN(c1nc(Cl)nc3c1CCC3(F)F)C2. The molecule has 8 heteroatoms. The summed E-state index contributed by atoms with van der Waals surface area (Å²) in [5.74, 6) is -1.51. The van der Waals surface area contributed by atoms with Crippen molar-refractivity contribution in [3.05, 3.63) is 16.5 Å². The molecule has 3 heterocycles. The highest BCUT2D eigenvalue weighted by Gasteiger charge is 2.49. The highest BCUT2D eigenvalue weighted by atomic mass is 35.5. The van der Waals surface area contributed by atoms with Gasteiger partial charge in [0, 0.05) is 31.5 Å². The molecule has 4 aliphatic rings. The van der Waals surface area contributed by atoms with E-state index in [2.05, 4.69) is 9.97 Å². The summed E-state index contributed by atoms with van der Waals surface area (Å²) in [6, 6.07) is 0. The molecule has 2 saturated heterocycles. The number of halogens is 3. The Morgan fingerprint density at radius 1 is 1.38 bits per heavy atom. The highest BCUT2D eigenvalue weighted by molar-refractivity contribution is 6.28. The number of carbonyl (C=O) groups is 1. The van der Waals surface area contributed by atoms with Crippen molar-refractivity contribution in [2.75, 3.05) is 25.1 Å². The first kappa shape index (κ1) is 16.0. The van der Waals surface area contributed by atoms with Crippen LogP contribution >= 0.6 is 11.6 Å². The van der Waals surface area contributed by atoms with Crippen LogP contribution in [0.15, 0.2) is 0 Å². The molecule has 2 aliphatic carbocycles. The summed E-state index contributed by atoms with van der Waals surface area (Å²) in [6.45, 7) is 1.42. The van der Waals surface area contributed by atoms with Crippen LogP contribution < -0.4 is 4.90 Å². The highest BCUT2D eigenvalue weighted by Crippen LogP contribution is 2.50. The summed E-state index contributed by atoms with van der Waals surface area (Å²) in [6.07, 6.45) is 1.53. The van der Waals surface area contributed by atoms with Gasteiger partial charge in [-0.2, -0.15) is 8.78 Å². The number of fused-ring (bicyclic) bond motifs is 3. The summed E-state index contributed by atoms with van der Waals surface area (Å²) in [7, 11) is 1.40.